The van der Waals surface area contributed by atoms with E-state index >= 15 is 0 Å². The normalized spacial score (nSPS) is 10.2. The molecule has 0 spiro atoms. The van der Waals surface area contributed by atoms with Crippen LogP contribution in [-0.2, 0) is 0 Å². The third-order valence-corrected chi connectivity index (χ3v) is 2.57. The second-order valence-corrected chi connectivity index (χ2v) is 3.85. The topological polar surface area (TPSA) is 58.3 Å². The van der Waals surface area contributed by atoms with Crippen LogP contribution in [0.25, 0.3) is 11.1 Å². The molecule has 2 aromatic carbocycles. The van der Waals surface area contributed by atoms with E-state index in [1.54, 1.807) is 0 Å². The van der Waals surface area contributed by atoms with Gasteiger partial charge in [0.15, 0.2) is 0 Å². The first-order valence-corrected chi connectivity index (χ1v) is 5.60. The van der Waals surface area contributed by atoms with Crippen LogP contribution in [0.3, 0.4) is 0 Å². The Labute approximate surface area is 101 Å². The van der Waals surface area contributed by atoms with E-state index in [-0.39, 0.29) is 6.61 Å². The smallest absolute Gasteiger partial charge is 0.0604 e. The Morgan fingerprint density at radius 1 is 0.882 bits per heavy atom. The zero-order chi connectivity index (χ0) is 12.1. The monoisotopic (exact) mass is 228 g/mol. The molecule has 0 atom stereocenters. The summed E-state index contributed by atoms with van der Waals surface area (Å²) in [6.45, 7) is 0.709. The summed E-state index contributed by atoms with van der Waals surface area (Å²) in [5, 5.41) is 11.8. The van der Waals surface area contributed by atoms with E-state index < -0.39 is 0 Å². The number of hydrogen-bond acceptors (Lipinski definition) is 3. The molecule has 2 rings (SSSR count). The highest BCUT2D eigenvalue weighted by Crippen LogP contribution is 2.22. The molecule has 0 fully saturated rings. The largest absolute Gasteiger partial charge is 0.399 e. The second-order valence-electron chi connectivity index (χ2n) is 3.85. The number of nitrogens with one attached hydrogen (secondary N) is 1. The van der Waals surface area contributed by atoms with Crippen molar-refractivity contribution in [3.8, 4) is 11.1 Å². The van der Waals surface area contributed by atoms with E-state index in [0.717, 1.165) is 22.5 Å². The van der Waals surface area contributed by atoms with Crippen LogP contribution >= 0.6 is 0 Å². The van der Waals surface area contributed by atoms with Crippen LogP contribution in [0.15, 0.2) is 48.5 Å². The van der Waals surface area contributed by atoms with E-state index in [1.165, 1.54) is 0 Å². The second kappa shape index (κ2) is 5.37. The minimum atomic E-state index is 0.139. The predicted octanol–water partition coefficient (Wildman–Crippen LogP) is 2.34. The Bertz CT molecular complexity index is 463. The van der Waals surface area contributed by atoms with Crippen LogP contribution in [0.2, 0.25) is 0 Å². The summed E-state index contributed by atoms with van der Waals surface area (Å²) in [6.07, 6.45) is 0. The van der Waals surface area contributed by atoms with Gasteiger partial charge in [-0.15, -0.1) is 0 Å². The summed E-state index contributed by atoms with van der Waals surface area (Å²) in [5.41, 5.74) is 9.73. The molecule has 0 unspecified atom stereocenters. The lowest BCUT2D eigenvalue weighted by Crippen LogP contribution is -2.04. The highest BCUT2D eigenvalue weighted by Gasteiger charge is 1.97. The number of hydrogen-bond donors (Lipinski definition) is 3. The Kier molecular flexibility index (Phi) is 3.62. The molecule has 0 aromatic heterocycles. The fraction of sp³-hybridized carbons (Fsp3) is 0.143. The molecule has 0 aliphatic heterocycles. The summed E-state index contributed by atoms with van der Waals surface area (Å²) < 4.78 is 0. The Balaban J connectivity index is 2.14. The molecule has 0 radical (unpaired) electrons. The van der Waals surface area contributed by atoms with Gasteiger partial charge >= 0.3 is 0 Å². The molecule has 0 saturated carbocycles. The highest BCUT2D eigenvalue weighted by atomic mass is 16.3. The van der Waals surface area contributed by atoms with Crippen molar-refractivity contribution in [2.24, 2.45) is 0 Å². The van der Waals surface area contributed by atoms with E-state index in [9.17, 15) is 0 Å². The zero-order valence-corrected chi connectivity index (χ0v) is 9.56. The molecule has 17 heavy (non-hydrogen) atoms. The van der Waals surface area contributed by atoms with Gasteiger partial charge in [0, 0.05) is 17.9 Å². The quantitative estimate of drug-likeness (QED) is 0.704. The lowest BCUT2D eigenvalue weighted by atomic mass is 10.1. The molecule has 3 heteroatoms. The lowest BCUT2D eigenvalue weighted by molar-refractivity contribution is 0.311. The number of nitrogen functional groups attached to an aromatic ring is 1. The minimum Gasteiger partial charge on any atom is -0.399 e. The maximum Gasteiger partial charge on any atom is 0.0604 e. The molecule has 0 amide bonds. The Hall–Kier alpha value is -2.00. The van der Waals surface area contributed by atoms with Gasteiger partial charge in [0.25, 0.3) is 0 Å². The van der Waals surface area contributed by atoms with Gasteiger partial charge in [-0.1, -0.05) is 24.3 Å². The first-order chi connectivity index (χ1) is 8.29. The van der Waals surface area contributed by atoms with Crippen molar-refractivity contribution in [1.29, 1.82) is 0 Å². The van der Waals surface area contributed by atoms with Crippen LogP contribution in [0.5, 0.6) is 0 Å². The molecule has 2 aromatic rings. The first kappa shape index (κ1) is 11.5. The van der Waals surface area contributed by atoms with Gasteiger partial charge in [0.1, 0.15) is 0 Å². The number of nitrogens with two attached hydrogens (primary N) is 1. The molecule has 0 bridgehead atoms. The molecular weight excluding hydrogens is 212 g/mol. The lowest BCUT2D eigenvalue weighted by Gasteiger charge is -2.06. The average Bonchev–Trinajstić information content (AvgIpc) is 2.38. The average molecular weight is 228 g/mol. The standard InChI is InChI=1S/C14H16N2O/c15-13-5-1-11(2-6-13)12-3-7-14(8-4-12)16-9-10-17/h1-8,16-17H,9-10,15H2. The van der Waals surface area contributed by atoms with Crippen molar-refractivity contribution in [2.75, 3.05) is 24.2 Å². The summed E-state index contributed by atoms with van der Waals surface area (Å²) in [4.78, 5) is 0. The third-order valence-electron chi connectivity index (χ3n) is 2.57. The van der Waals surface area contributed by atoms with Gasteiger partial charge < -0.3 is 16.2 Å². The van der Waals surface area contributed by atoms with Gasteiger partial charge in [0.2, 0.25) is 0 Å². The fourth-order valence-corrected chi connectivity index (χ4v) is 1.66. The number of benzene rings is 2. The van der Waals surface area contributed by atoms with Gasteiger partial charge in [0.05, 0.1) is 6.61 Å². The number of aliphatic hydroxyl groups is 1. The van der Waals surface area contributed by atoms with Crippen molar-refractivity contribution >= 4 is 11.4 Å². The SMILES string of the molecule is Nc1ccc(-c2ccc(NCCO)cc2)cc1. The molecule has 4 N–H and O–H groups in total. The Morgan fingerprint density at radius 2 is 1.41 bits per heavy atom. The molecular formula is C14H16N2O. The number of aliphatic hydroxyl groups excluding tert-OH is 1. The van der Waals surface area contributed by atoms with Crippen molar-refractivity contribution in [1.82, 2.24) is 0 Å². The van der Waals surface area contributed by atoms with Gasteiger partial charge in [-0.25, -0.2) is 0 Å². The van der Waals surface area contributed by atoms with Crippen molar-refractivity contribution in [2.45, 2.75) is 0 Å². The molecule has 88 valence electrons. The number of anilines is 2. The van der Waals surface area contributed by atoms with Crippen LogP contribution in [-0.4, -0.2) is 18.3 Å². The van der Waals surface area contributed by atoms with E-state index in [1.807, 2.05) is 48.5 Å². The Morgan fingerprint density at radius 3 is 1.94 bits per heavy atom. The van der Waals surface area contributed by atoms with Gasteiger partial charge in [-0.3, -0.25) is 0 Å². The van der Waals surface area contributed by atoms with Crippen LogP contribution < -0.4 is 11.1 Å². The number of rotatable bonds is 4. The van der Waals surface area contributed by atoms with Crippen LogP contribution in [0, 0.1) is 0 Å². The molecule has 0 heterocycles. The van der Waals surface area contributed by atoms with E-state index in [4.69, 9.17) is 10.8 Å². The van der Waals surface area contributed by atoms with Crippen molar-refractivity contribution in [3.63, 3.8) is 0 Å². The summed E-state index contributed by atoms with van der Waals surface area (Å²) in [6, 6.07) is 15.9. The van der Waals surface area contributed by atoms with Gasteiger partial charge in [-0.2, -0.15) is 0 Å². The van der Waals surface area contributed by atoms with E-state index in [0.29, 0.717) is 6.54 Å². The van der Waals surface area contributed by atoms with Gasteiger partial charge in [-0.05, 0) is 35.4 Å². The zero-order valence-electron chi connectivity index (χ0n) is 9.56. The maximum atomic E-state index is 8.71. The van der Waals surface area contributed by atoms with Crippen LogP contribution in [0.4, 0.5) is 11.4 Å². The third kappa shape index (κ3) is 2.98. The fourth-order valence-electron chi connectivity index (χ4n) is 1.66. The molecule has 0 saturated heterocycles. The van der Waals surface area contributed by atoms with Crippen LogP contribution in [0.1, 0.15) is 0 Å². The molecule has 0 aliphatic carbocycles. The predicted molar refractivity (Wildman–Crippen MR) is 71.9 cm³/mol. The van der Waals surface area contributed by atoms with E-state index in [2.05, 4.69) is 5.32 Å². The molecule has 3 nitrogen and oxygen atoms in total. The van der Waals surface area contributed by atoms with Crippen molar-refractivity contribution in [3.05, 3.63) is 48.5 Å². The summed E-state index contributed by atoms with van der Waals surface area (Å²) in [7, 11) is 0. The minimum absolute atomic E-state index is 0.139. The highest BCUT2D eigenvalue weighted by molar-refractivity contribution is 5.67. The van der Waals surface area contributed by atoms with Crippen molar-refractivity contribution < 1.29 is 5.11 Å². The summed E-state index contributed by atoms with van der Waals surface area (Å²) in [5.74, 6) is 0. The molecule has 0 aliphatic rings. The maximum absolute atomic E-state index is 8.71. The summed E-state index contributed by atoms with van der Waals surface area (Å²) >= 11 is 0. The first-order valence-electron chi connectivity index (χ1n) is 5.60.